The van der Waals surface area contributed by atoms with Gasteiger partial charge in [0.1, 0.15) is 6.04 Å². The van der Waals surface area contributed by atoms with Crippen molar-refractivity contribution in [2.24, 2.45) is 0 Å². The quantitative estimate of drug-likeness (QED) is 0.717. The van der Waals surface area contributed by atoms with Crippen molar-refractivity contribution in [1.82, 2.24) is 4.90 Å². The molecule has 0 aromatic heterocycles. The first-order chi connectivity index (χ1) is 9.08. The smallest absolute Gasteiger partial charge is 0.321 e. The first-order valence-electron chi connectivity index (χ1n) is 7.07. The van der Waals surface area contributed by atoms with E-state index in [4.69, 9.17) is 0 Å². The summed E-state index contributed by atoms with van der Waals surface area (Å²) >= 11 is 0. The van der Waals surface area contributed by atoms with Gasteiger partial charge in [-0.05, 0) is 33.6 Å². The van der Waals surface area contributed by atoms with Crippen molar-refractivity contribution in [2.75, 3.05) is 6.54 Å². The van der Waals surface area contributed by atoms with Gasteiger partial charge in [-0.2, -0.15) is 13.2 Å². The molecule has 0 aliphatic carbocycles. The van der Waals surface area contributed by atoms with Crippen LogP contribution in [0.4, 0.5) is 13.2 Å². The van der Waals surface area contributed by atoms with E-state index in [1.54, 1.807) is 4.90 Å². The van der Waals surface area contributed by atoms with E-state index in [2.05, 4.69) is 25.3 Å². The van der Waals surface area contributed by atoms with Crippen LogP contribution in [-0.4, -0.2) is 51.9 Å². The normalized spacial score (nSPS) is 26.7. The average Bonchev–Trinajstić information content (AvgIpc) is 2.54. The van der Waals surface area contributed by atoms with Crippen LogP contribution in [0, 0.1) is 0 Å². The van der Waals surface area contributed by atoms with Gasteiger partial charge in [-0.25, -0.2) is 4.58 Å². The van der Waals surface area contributed by atoms with Gasteiger partial charge in [-0.1, -0.05) is 0 Å². The zero-order valence-corrected chi connectivity index (χ0v) is 12.2. The van der Waals surface area contributed by atoms with Gasteiger partial charge in [0.15, 0.2) is 18.3 Å². The summed E-state index contributed by atoms with van der Waals surface area (Å²) in [6.07, 6.45) is -1.95. The molecule has 0 aromatic rings. The highest BCUT2D eigenvalue weighted by Crippen LogP contribution is 2.30. The third-order valence-electron chi connectivity index (χ3n) is 4.08. The number of carbonyl (C=O) groups excluding carboxylic acids is 1. The number of carbonyl (C=O) groups is 1. The van der Waals surface area contributed by atoms with Crippen molar-refractivity contribution in [2.45, 2.75) is 70.3 Å². The number of amides is 1. The van der Waals surface area contributed by atoms with Crippen LogP contribution in [0.5, 0.6) is 0 Å². The van der Waals surface area contributed by atoms with Crippen LogP contribution in [0.2, 0.25) is 0 Å². The molecule has 2 atom stereocenters. The zero-order valence-electron chi connectivity index (χ0n) is 12.2. The molecule has 2 aliphatic rings. The Labute approximate surface area is 117 Å². The van der Waals surface area contributed by atoms with E-state index in [1.165, 1.54) is 0 Å². The number of rotatable bonds is 2. The number of alkyl halides is 3. The van der Waals surface area contributed by atoms with Crippen molar-refractivity contribution in [1.29, 1.82) is 0 Å². The van der Waals surface area contributed by atoms with Gasteiger partial charge in [0, 0.05) is 6.42 Å². The molecule has 0 N–H and O–H groups in total. The highest BCUT2D eigenvalue weighted by atomic mass is 19.4. The second kappa shape index (κ2) is 5.04. The molecule has 114 valence electrons. The van der Waals surface area contributed by atoms with Crippen LogP contribution < -0.4 is 0 Å². The van der Waals surface area contributed by atoms with Crippen LogP contribution in [0.3, 0.4) is 0 Å². The molecule has 2 heterocycles. The van der Waals surface area contributed by atoms with Gasteiger partial charge in [-0.3, -0.25) is 4.79 Å². The largest absolute Gasteiger partial charge is 0.389 e. The van der Waals surface area contributed by atoms with Crippen molar-refractivity contribution in [3.05, 3.63) is 0 Å². The summed E-state index contributed by atoms with van der Waals surface area (Å²) in [6.45, 7) is 7.02. The van der Waals surface area contributed by atoms with E-state index in [-0.39, 0.29) is 23.5 Å². The molecule has 0 saturated carbocycles. The molecule has 0 aromatic carbocycles. The first kappa shape index (κ1) is 15.3. The van der Waals surface area contributed by atoms with Gasteiger partial charge in [0.2, 0.25) is 5.91 Å². The Kier molecular flexibility index (Phi) is 3.86. The van der Waals surface area contributed by atoms with E-state index >= 15 is 0 Å². The average molecular weight is 291 g/mol. The minimum absolute atomic E-state index is 0.0120. The molecule has 6 heteroatoms. The van der Waals surface area contributed by atoms with Crippen molar-refractivity contribution in [3.63, 3.8) is 0 Å². The van der Waals surface area contributed by atoms with E-state index in [9.17, 15) is 18.0 Å². The molecule has 20 heavy (non-hydrogen) atoms. The monoisotopic (exact) mass is 291 g/mol. The third kappa shape index (κ3) is 3.33. The Morgan fingerprint density at radius 3 is 2.45 bits per heavy atom. The molecule has 1 saturated heterocycles. The van der Waals surface area contributed by atoms with Crippen LogP contribution in [0.25, 0.3) is 0 Å². The predicted octanol–water partition coefficient (Wildman–Crippen LogP) is 2.58. The first-order valence-corrected chi connectivity index (χ1v) is 7.07. The maximum Gasteiger partial charge on any atom is 0.389 e. The second-order valence-corrected chi connectivity index (χ2v) is 6.69. The molecule has 2 bridgehead atoms. The molecule has 0 spiro atoms. The third-order valence-corrected chi connectivity index (χ3v) is 4.08. The van der Waals surface area contributed by atoms with Crippen molar-refractivity contribution in [3.8, 4) is 0 Å². The number of halogens is 3. The lowest BCUT2D eigenvalue weighted by Gasteiger charge is -2.33. The molecular formula is C14H22F3N2O+. The van der Waals surface area contributed by atoms with E-state index in [0.29, 0.717) is 0 Å². The summed E-state index contributed by atoms with van der Waals surface area (Å²) in [7, 11) is 0. The maximum atomic E-state index is 12.2. The SMILES string of the molecule is CC(C)(C)[N+]1=CC2CCC(C1)N2C(=O)CCC(F)(F)F. The van der Waals surface area contributed by atoms with E-state index in [0.717, 1.165) is 19.4 Å². The van der Waals surface area contributed by atoms with Gasteiger partial charge < -0.3 is 4.90 Å². The van der Waals surface area contributed by atoms with Gasteiger partial charge in [-0.15, -0.1) is 0 Å². The Balaban J connectivity index is 2.05. The van der Waals surface area contributed by atoms with Gasteiger partial charge in [0.25, 0.3) is 0 Å². The molecule has 0 radical (unpaired) electrons. The minimum atomic E-state index is -4.26. The van der Waals surface area contributed by atoms with Crippen molar-refractivity contribution < 1.29 is 22.5 Å². The topological polar surface area (TPSA) is 23.3 Å². The van der Waals surface area contributed by atoms with Crippen LogP contribution in [-0.2, 0) is 4.79 Å². The highest BCUT2D eigenvalue weighted by molar-refractivity contribution is 5.81. The highest BCUT2D eigenvalue weighted by Gasteiger charge is 2.46. The lowest BCUT2D eigenvalue weighted by molar-refractivity contribution is -0.601. The van der Waals surface area contributed by atoms with Crippen LogP contribution in [0.15, 0.2) is 0 Å². The summed E-state index contributed by atoms with van der Waals surface area (Å²) in [4.78, 5) is 13.7. The minimum Gasteiger partial charge on any atom is -0.321 e. The summed E-state index contributed by atoms with van der Waals surface area (Å²) in [6, 6.07) is 0.0265. The molecule has 2 unspecified atom stereocenters. The van der Waals surface area contributed by atoms with Crippen molar-refractivity contribution >= 4 is 12.1 Å². The summed E-state index contributed by atoms with van der Waals surface area (Å²) < 4.78 is 38.9. The maximum absolute atomic E-state index is 12.2. The Morgan fingerprint density at radius 2 is 1.95 bits per heavy atom. The van der Waals surface area contributed by atoms with Crippen LogP contribution >= 0.6 is 0 Å². The lowest BCUT2D eigenvalue weighted by Crippen LogP contribution is -2.54. The fourth-order valence-corrected chi connectivity index (χ4v) is 3.00. The summed E-state index contributed by atoms with van der Waals surface area (Å²) in [5.74, 6) is -0.361. The predicted molar refractivity (Wildman–Crippen MR) is 69.9 cm³/mol. The number of hydrogen-bond donors (Lipinski definition) is 0. The molecule has 1 fully saturated rings. The Bertz CT molecular complexity index is 423. The molecular weight excluding hydrogens is 269 g/mol. The van der Waals surface area contributed by atoms with Crippen LogP contribution in [0.1, 0.15) is 46.5 Å². The standard InChI is InChI=1S/C14H22F3N2O/c1-13(2,3)18-8-10-4-5-11(9-18)19(10)12(20)6-7-14(15,16)17/h8,10-11H,4-7,9H2,1-3H3/q+1. The van der Waals surface area contributed by atoms with E-state index < -0.39 is 19.0 Å². The zero-order chi connectivity index (χ0) is 15.1. The van der Waals surface area contributed by atoms with Gasteiger partial charge in [0.05, 0.1) is 12.5 Å². The fraction of sp³-hybridized carbons (Fsp3) is 0.857. The van der Waals surface area contributed by atoms with E-state index in [1.807, 2.05) is 6.21 Å². The summed E-state index contributed by atoms with van der Waals surface area (Å²) in [5.41, 5.74) is -0.0120. The fourth-order valence-electron chi connectivity index (χ4n) is 3.00. The lowest BCUT2D eigenvalue weighted by atomic mass is 10.1. The Hall–Kier alpha value is -1.07. The number of hydrogen-bond acceptors (Lipinski definition) is 1. The molecule has 2 rings (SSSR count). The number of nitrogens with zero attached hydrogens (tertiary/aromatic N) is 2. The molecule has 3 nitrogen and oxygen atoms in total. The molecule has 1 amide bonds. The molecule has 2 aliphatic heterocycles. The van der Waals surface area contributed by atoms with Gasteiger partial charge >= 0.3 is 6.18 Å². The summed E-state index contributed by atoms with van der Waals surface area (Å²) in [5, 5.41) is 0. The Morgan fingerprint density at radius 1 is 1.30 bits per heavy atom. The second-order valence-electron chi connectivity index (χ2n) is 6.69. The number of fused-ring (bicyclic) bond motifs is 2.